The molecule has 0 heterocycles. The third-order valence-electron chi connectivity index (χ3n) is 2.32. The maximum Gasteiger partial charge on any atom is 0.336 e. The molecule has 0 spiro atoms. The number of hydrogen-bond donors (Lipinski definition) is 0. The largest absolute Gasteiger partial charge is 0.495 e. The Kier molecular flexibility index (Phi) is 4.29. The molecule has 3 nitrogen and oxygen atoms in total. The van der Waals surface area contributed by atoms with Gasteiger partial charge in [0.25, 0.3) is 0 Å². The molecule has 0 aromatic heterocycles. The van der Waals surface area contributed by atoms with Gasteiger partial charge in [0.15, 0.2) is 0 Å². The van der Waals surface area contributed by atoms with Gasteiger partial charge in [-0.15, -0.1) is 3.89 Å². The second-order valence-electron chi connectivity index (χ2n) is 3.49. The lowest BCUT2D eigenvalue weighted by molar-refractivity contribution is 0.399. The van der Waals surface area contributed by atoms with Crippen LogP contribution in [0.4, 0.5) is 3.89 Å². The summed E-state index contributed by atoms with van der Waals surface area (Å²) in [6.07, 6.45) is 2.27. The molecular formula is C11H15FO3S. The van der Waals surface area contributed by atoms with Crippen molar-refractivity contribution in [1.82, 2.24) is 0 Å². The van der Waals surface area contributed by atoms with Crippen molar-refractivity contribution >= 4 is 10.2 Å². The van der Waals surface area contributed by atoms with Crippen LogP contribution in [-0.4, -0.2) is 15.5 Å². The van der Waals surface area contributed by atoms with Gasteiger partial charge in [-0.1, -0.05) is 25.5 Å². The highest BCUT2D eigenvalue weighted by Gasteiger charge is 2.22. The summed E-state index contributed by atoms with van der Waals surface area (Å²) >= 11 is 0. The molecular weight excluding hydrogens is 231 g/mol. The number of rotatable bonds is 5. The van der Waals surface area contributed by atoms with Crippen molar-refractivity contribution < 1.29 is 17.0 Å². The van der Waals surface area contributed by atoms with Gasteiger partial charge in [-0.25, -0.2) is 0 Å². The highest BCUT2D eigenvalue weighted by Crippen LogP contribution is 2.29. The Balaban J connectivity index is 3.27. The highest BCUT2D eigenvalue weighted by atomic mass is 32.3. The van der Waals surface area contributed by atoms with Crippen molar-refractivity contribution in [3.05, 3.63) is 23.8 Å². The third-order valence-corrected chi connectivity index (χ3v) is 3.27. The average molecular weight is 246 g/mol. The minimum atomic E-state index is -4.73. The lowest BCUT2D eigenvalue weighted by atomic mass is 10.1. The highest BCUT2D eigenvalue weighted by molar-refractivity contribution is 7.86. The van der Waals surface area contributed by atoms with Crippen LogP contribution in [0.5, 0.6) is 5.75 Å². The summed E-state index contributed by atoms with van der Waals surface area (Å²) in [5.41, 5.74) is 0.476. The molecule has 0 amide bonds. The Morgan fingerprint density at radius 1 is 1.38 bits per heavy atom. The fraction of sp³-hybridized carbons (Fsp3) is 0.455. The monoisotopic (exact) mass is 246 g/mol. The number of ether oxygens (including phenoxy) is 1. The van der Waals surface area contributed by atoms with Crippen molar-refractivity contribution in [1.29, 1.82) is 0 Å². The number of halogens is 1. The second kappa shape index (κ2) is 5.30. The first kappa shape index (κ1) is 13.0. The summed E-state index contributed by atoms with van der Waals surface area (Å²) in [5.74, 6) is 0.0658. The van der Waals surface area contributed by atoms with E-state index in [1.807, 2.05) is 6.92 Å². The molecule has 0 saturated heterocycles. The lowest BCUT2D eigenvalue weighted by Crippen LogP contribution is -2.02. The van der Waals surface area contributed by atoms with Gasteiger partial charge in [-0.2, -0.15) is 8.42 Å². The van der Waals surface area contributed by atoms with Crippen LogP contribution in [-0.2, 0) is 16.6 Å². The topological polar surface area (TPSA) is 43.4 Å². The van der Waals surface area contributed by atoms with Crippen LogP contribution in [0.15, 0.2) is 23.1 Å². The smallest absolute Gasteiger partial charge is 0.336 e. The molecule has 16 heavy (non-hydrogen) atoms. The molecule has 0 radical (unpaired) electrons. The number of hydrogen-bond acceptors (Lipinski definition) is 3. The molecule has 0 aliphatic carbocycles. The zero-order valence-electron chi connectivity index (χ0n) is 9.36. The molecule has 5 heteroatoms. The predicted octanol–water partition coefficient (Wildman–Crippen LogP) is 2.70. The van der Waals surface area contributed by atoms with Gasteiger partial charge < -0.3 is 4.74 Å². The Bertz CT molecular complexity index is 454. The van der Waals surface area contributed by atoms with E-state index in [0.29, 0.717) is 12.0 Å². The van der Waals surface area contributed by atoms with E-state index in [9.17, 15) is 12.3 Å². The van der Waals surface area contributed by atoms with Crippen LogP contribution in [0.3, 0.4) is 0 Å². The summed E-state index contributed by atoms with van der Waals surface area (Å²) < 4.78 is 40.1. The molecule has 1 aromatic rings. The van der Waals surface area contributed by atoms with Crippen LogP contribution < -0.4 is 4.74 Å². The van der Waals surface area contributed by atoms with Gasteiger partial charge in [0, 0.05) is 0 Å². The molecule has 0 bridgehead atoms. The van der Waals surface area contributed by atoms with E-state index in [4.69, 9.17) is 4.74 Å². The van der Waals surface area contributed by atoms with Crippen LogP contribution in [0.2, 0.25) is 0 Å². The maximum atomic E-state index is 13.1. The fourth-order valence-electron chi connectivity index (χ4n) is 1.56. The van der Waals surface area contributed by atoms with Crippen LogP contribution in [0.1, 0.15) is 25.3 Å². The molecule has 1 rings (SSSR count). The minimum absolute atomic E-state index is 0.0658. The SMILES string of the molecule is CCCCc1cccc(OC)c1S(=O)(=O)F. The number of benzene rings is 1. The number of methoxy groups -OCH3 is 1. The van der Waals surface area contributed by atoms with E-state index in [0.717, 1.165) is 12.8 Å². The van der Waals surface area contributed by atoms with Gasteiger partial charge in [0.05, 0.1) is 7.11 Å². The summed E-state index contributed by atoms with van der Waals surface area (Å²) in [5, 5.41) is 0. The summed E-state index contributed by atoms with van der Waals surface area (Å²) in [7, 11) is -3.40. The Morgan fingerprint density at radius 2 is 2.06 bits per heavy atom. The quantitative estimate of drug-likeness (QED) is 0.750. The Labute approximate surface area is 95.5 Å². The summed E-state index contributed by atoms with van der Waals surface area (Å²) in [4.78, 5) is -0.328. The lowest BCUT2D eigenvalue weighted by Gasteiger charge is -2.09. The zero-order valence-corrected chi connectivity index (χ0v) is 10.2. The first-order chi connectivity index (χ1) is 7.50. The second-order valence-corrected chi connectivity index (χ2v) is 4.77. The van der Waals surface area contributed by atoms with E-state index >= 15 is 0 Å². The van der Waals surface area contributed by atoms with E-state index in [1.165, 1.54) is 13.2 Å². The molecule has 1 aromatic carbocycles. The van der Waals surface area contributed by atoms with Crippen molar-refractivity contribution in [3.63, 3.8) is 0 Å². The van der Waals surface area contributed by atoms with E-state index in [-0.39, 0.29) is 10.6 Å². The van der Waals surface area contributed by atoms with E-state index in [2.05, 4.69) is 0 Å². The molecule has 0 aliphatic rings. The summed E-state index contributed by atoms with van der Waals surface area (Å²) in [6.45, 7) is 1.99. The number of unbranched alkanes of at least 4 members (excludes halogenated alkanes) is 1. The molecule has 0 atom stereocenters. The van der Waals surface area contributed by atoms with Crippen LogP contribution >= 0.6 is 0 Å². The average Bonchev–Trinajstić information content (AvgIpc) is 2.24. The van der Waals surface area contributed by atoms with Gasteiger partial charge in [0.2, 0.25) is 0 Å². The van der Waals surface area contributed by atoms with Gasteiger partial charge >= 0.3 is 10.2 Å². The molecule has 90 valence electrons. The molecule has 0 unspecified atom stereocenters. The van der Waals surface area contributed by atoms with Crippen molar-refractivity contribution in [2.45, 2.75) is 31.1 Å². The van der Waals surface area contributed by atoms with Gasteiger partial charge in [-0.3, -0.25) is 0 Å². The van der Waals surface area contributed by atoms with Crippen molar-refractivity contribution in [3.8, 4) is 5.75 Å². The van der Waals surface area contributed by atoms with Crippen LogP contribution in [0.25, 0.3) is 0 Å². The van der Waals surface area contributed by atoms with Crippen LogP contribution in [0, 0.1) is 0 Å². The first-order valence-electron chi connectivity index (χ1n) is 5.11. The zero-order chi connectivity index (χ0) is 12.2. The molecule has 0 aliphatic heterocycles. The predicted molar refractivity (Wildman–Crippen MR) is 59.9 cm³/mol. The molecule has 0 saturated carbocycles. The van der Waals surface area contributed by atoms with Gasteiger partial charge in [0.1, 0.15) is 10.6 Å². The maximum absolute atomic E-state index is 13.1. The normalized spacial score (nSPS) is 11.4. The fourth-order valence-corrected chi connectivity index (χ4v) is 2.44. The third kappa shape index (κ3) is 2.95. The Morgan fingerprint density at radius 3 is 2.56 bits per heavy atom. The molecule has 0 N–H and O–H groups in total. The van der Waals surface area contributed by atoms with Gasteiger partial charge in [-0.05, 0) is 24.5 Å². The van der Waals surface area contributed by atoms with E-state index < -0.39 is 10.2 Å². The number of aryl methyl sites for hydroxylation is 1. The first-order valence-corrected chi connectivity index (χ1v) is 6.49. The standard InChI is InChI=1S/C11H15FO3S/c1-3-4-6-9-7-5-8-10(15-2)11(9)16(12,13)14/h5,7-8H,3-4,6H2,1-2H3. The summed E-state index contributed by atoms with van der Waals surface area (Å²) in [6, 6.07) is 4.73. The molecule has 0 fully saturated rings. The Hall–Kier alpha value is -1.10. The van der Waals surface area contributed by atoms with Crippen molar-refractivity contribution in [2.24, 2.45) is 0 Å². The minimum Gasteiger partial charge on any atom is -0.495 e. The van der Waals surface area contributed by atoms with E-state index in [1.54, 1.807) is 12.1 Å². The van der Waals surface area contributed by atoms with Crippen molar-refractivity contribution in [2.75, 3.05) is 7.11 Å².